The lowest BCUT2D eigenvalue weighted by molar-refractivity contribution is 0.268. The quantitative estimate of drug-likeness (QED) is 0.736. The van der Waals surface area contributed by atoms with Gasteiger partial charge in [0.05, 0.1) is 12.6 Å². The molecule has 0 spiro atoms. The molecule has 0 radical (unpaired) electrons. The third-order valence-corrected chi connectivity index (χ3v) is 1.91. The van der Waals surface area contributed by atoms with Crippen LogP contribution in [-0.2, 0) is 0 Å². The SMILES string of the molecule is Cc1cc(Cl)cc([C@@H](N)CO)c1. The number of halogens is 1. The van der Waals surface area contributed by atoms with E-state index >= 15 is 0 Å². The van der Waals surface area contributed by atoms with E-state index in [0.717, 1.165) is 11.1 Å². The van der Waals surface area contributed by atoms with Crippen molar-refractivity contribution in [3.8, 4) is 0 Å². The van der Waals surface area contributed by atoms with E-state index in [-0.39, 0.29) is 12.6 Å². The molecule has 2 nitrogen and oxygen atoms in total. The molecule has 1 atom stereocenters. The molecule has 1 aromatic carbocycles. The lowest BCUT2D eigenvalue weighted by atomic mass is 10.1. The largest absolute Gasteiger partial charge is 0.394 e. The van der Waals surface area contributed by atoms with Crippen LogP contribution >= 0.6 is 11.6 Å². The summed E-state index contributed by atoms with van der Waals surface area (Å²) in [4.78, 5) is 0. The minimum Gasteiger partial charge on any atom is -0.394 e. The third kappa shape index (κ3) is 2.21. The number of aryl methyl sites for hydroxylation is 1. The Bertz CT molecular complexity index is 255. The molecule has 0 aliphatic carbocycles. The molecule has 0 aliphatic heterocycles. The predicted molar refractivity (Wildman–Crippen MR) is 50.2 cm³/mol. The smallest absolute Gasteiger partial charge is 0.0624 e. The number of nitrogens with two attached hydrogens (primary N) is 1. The van der Waals surface area contributed by atoms with Crippen molar-refractivity contribution in [2.24, 2.45) is 5.73 Å². The van der Waals surface area contributed by atoms with Gasteiger partial charge in [0.2, 0.25) is 0 Å². The summed E-state index contributed by atoms with van der Waals surface area (Å²) in [6.07, 6.45) is 0. The van der Waals surface area contributed by atoms with Crippen LogP contribution in [0.4, 0.5) is 0 Å². The Morgan fingerprint density at radius 2 is 2.17 bits per heavy atom. The Morgan fingerprint density at radius 3 is 2.67 bits per heavy atom. The van der Waals surface area contributed by atoms with Crippen LogP contribution in [-0.4, -0.2) is 11.7 Å². The number of benzene rings is 1. The second kappa shape index (κ2) is 3.90. The van der Waals surface area contributed by atoms with Crippen molar-refractivity contribution in [3.05, 3.63) is 34.3 Å². The van der Waals surface area contributed by atoms with Gasteiger partial charge in [-0.3, -0.25) is 0 Å². The molecule has 0 unspecified atom stereocenters. The van der Waals surface area contributed by atoms with Gasteiger partial charge in [-0.25, -0.2) is 0 Å². The summed E-state index contributed by atoms with van der Waals surface area (Å²) in [7, 11) is 0. The molecule has 3 heteroatoms. The average molecular weight is 186 g/mol. The highest BCUT2D eigenvalue weighted by Gasteiger charge is 2.04. The fraction of sp³-hybridized carbons (Fsp3) is 0.333. The van der Waals surface area contributed by atoms with E-state index in [1.54, 1.807) is 6.07 Å². The molecular formula is C9H12ClNO. The van der Waals surface area contributed by atoms with Crippen LogP contribution < -0.4 is 5.73 Å². The number of aliphatic hydroxyl groups excluding tert-OH is 1. The van der Waals surface area contributed by atoms with E-state index in [9.17, 15) is 0 Å². The van der Waals surface area contributed by atoms with Gasteiger partial charge >= 0.3 is 0 Å². The zero-order chi connectivity index (χ0) is 9.14. The first kappa shape index (κ1) is 9.52. The van der Waals surface area contributed by atoms with Gasteiger partial charge in [0, 0.05) is 5.02 Å². The summed E-state index contributed by atoms with van der Waals surface area (Å²) in [5.41, 5.74) is 7.56. The van der Waals surface area contributed by atoms with E-state index in [1.165, 1.54) is 0 Å². The number of hydrogen-bond donors (Lipinski definition) is 2. The molecular weight excluding hydrogens is 174 g/mol. The van der Waals surface area contributed by atoms with Crippen molar-refractivity contribution in [2.75, 3.05) is 6.61 Å². The summed E-state index contributed by atoms with van der Waals surface area (Å²) in [6, 6.07) is 5.22. The molecule has 0 fully saturated rings. The predicted octanol–water partition coefficient (Wildman–Crippen LogP) is 1.64. The third-order valence-electron chi connectivity index (χ3n) is 1.69. The molecule has 3 N–H and O–H groups in total. The number of hydrogen-bond acceptors (Lipinski definition) is 2. The minimum atomic E-state index is -0.331. The first-order chi connectivity index (χ1) is 5.63. The van der Waals surface area contributed by atoms with Crippen LogP contribution in [0.2, 0.25) is 5.02 Å². The number of rotatable bonds is 2. The molecule has 66 valence electrons. The van der Waals surface area contributed by atoms with Gasteiger partial charge in [0.25, 0.3) is 0 Å². The summed E-state index contributed by atoms with van der Waals surface area (Å²) in [6.45, 7) is 1.89. The molecule has 1 rings (SSSR count). The lowest BCUT2D eigenvalue weighted by Crippen LogP contribution is -2.14. The molecule has 0 aromatic heterocycles. The van der Waals surface area contributed by atoms with E-state index in [0.29, 0.717) is 5.02 Å². The highest BCUT2D eigenvalue weighted by atomic mass is 35.5. The molecule has 0 aliphatic rings. The van der Waals surface area contributed by atoms with Crippen molar-refractivity contribution in [3.63, 3.8) is 0 Å². The maximum atomic E-state index is 8.80. The summed E-state index contributed by atoms with van der Waals surface area (Å²) in [5, 5.41) is 9.46. The van der Waals surface area contributed by atoms with Gasteiger partial charge in [0.1, 0.15) is 0 Å². The summed E-state index contributed by atoms with van der Waals surface area (Å²) >= 11 is 5.81. The van der Waals surface area contributed by atoms with Crippen molar-refractivity contribution < 1.29 is 5.11 Å². The first-order valence-corrected chi connectivity index (χ1v) is 4.15. The maximum absolute atomic E-state index is 8.80. The summed E-state index contributed by atoms with van der Waals surface area (Å²) in [5.74, 6) is 0. The van der Waals surface area contributed by atoms with Crippen LogP contribution in [0.3, 0.4) is 0 Å². The first-order valence-electron chi connectivity index (χ1n) is 3.77. The van der Waals surface area contributed by atoms with Crippen molar-refractivity contribution in [1.29, 1.82) is 0 Å². The Hall–Kier alpha value is -0.570. The van der Waals surface area contributed by atoms with Gasteiger partial charge in [-0.2, -0.15) is 0 Å². The molecule has 0 bridgehead atoms. The standard InChI is InChI=1S/C9H12ClNO/c1-6-2-7(9(11)5-12)4-8(10)3-6/h2-4,9,12H,5,11H2,1H3/t9-/m0/s1. The monoisotopic (exact) mass is 185 g/mol. The molecule has 0 amide bonds. The molecule has 0 heterocycles. The molecule has 0 saturated heterocycles. The van der Waals surface area contributed by atoms with Crippen molar-refractivity contribution in [2.45, 2.75) is 13.0 Å². The Balaban J connectivity index is 3.00. The van der Waals surface area contributed by atoms with Crippen molar-refractivity contribution in [1.82, 2.24) is 0 Å². The van der Waals surface area contributed by atoms with Gasteiger partial charge in [-0.05, 0) is 30.2 Å². The van der Waals surface area contributed by atoms with E-state index < -0.39 is 0 Å². The second-order valence-electron chi connectivity index (χ2n) is 2.85. The van der Waals surface area contributed by atoms with E-state index in [4.69, 9.17) is 22.4 Å². The topological polar surface area (TPSA) is 46.2 Å². The highest BCUT2D eigenvalue weighted by molar-refractivity contribution is 6.30. The Labute approximate surface area is 77.0 Å². The lowest BCUT2D eigenvalue weighted by Gasteiger charge is -2.09. The van der Waals surface area contributed by atoms with E-state index in [1.807, 2.05) is 19.1 Å². The van der Waals surface area contributed by atoms with Crippen LogP contribution in [0.5, 0.6) is 0 Å². The summed E-state index contributed by atoms with van der Waals surface area (Å²) < 4.78 is 0. The zero-order valence-corrected chi connectivity index (χ0v) is 7.67. The van der Waals surface area contributed by atoms with Gasteiger partial charge in [-0.15, -0.1) is 0 Å². The minimum absolute atomic E-state index is 0.0558. The Morgan fingerprint density at radius 1 is 1.50 bits per heavy atom. The molecule has 0 saturated carbocycles. The van der Waals surface area contributed by atoms with Gasteiger partial charge < -0.3 is 10.8 Å². The number of aliphatic hydroxyl groups is 1. The van der Waals surface area contributed by atoms with E-state index in [2.05, 4.69) is 0 Å². The maximum Gasteiger partial charge on any atom is 0.0624 e. The van der Waals surface area contributed by atoms with Crippen LogP contribution in [0, 0.1) is 6.92 Å². The molecule has 12 heavy (non-hydrogen) atoms. The fourth-order valence-electron chi connectivity index (χ4n) is 1.08. The van der Waals surface area contributed by atoms with Gasteiger partial charge in [-0.1, -0.05) is 17.7 Å². The fourth-order valence-corrected chi connectivity index (χ4v) is 1.38. The van der Waals surface area contributed by atoms with Crippen LogP contribution in [0.15, 0.2) is 18.2 Å². The highest BCUT2D eigenvalue weighted by Crippen LogP contribution is 2.18. The van der Waals surface area contributed by atoms with Gasteiger partial charge in [0.15, 0.2) is 0 Å². The normalized spacial score (nSPS) is 13.0. The van der Waals surface area contributed by atoms with Crippen molar-refractivity contribution >= 4 is 11.6 Å². The van der Waals surface area contributed by atoms with Crippen LogP contribution in [0.25, 0.3) is 0 Å². The van der Waals surface area contributed by atoms with Crippen LogP contribution in [0.1, 0.15) is 17.2 Å². The molecule has 1 aromatic rings. The average Bonchev–Trinajstić information content (AvgIpc) is 2.01. The Kier molecular flexibility index (Phi) is 3.09. The zero-order valence-electron chi connectivity index (χ0n) is 6.92. The second-order valence-corrected chi connectivity index (χ2v) is 3.29.